The zero-order valence-electron chi connectivity index (χ0n) is 17.0. The molecule has 0 fully saturated rings. The molecule has 1 N–H and O–H groups in total. The van der Waals surface area contributed by atoms with Gasteiger partial charge in [-0.15, -0.1) is 0 Å². The zero-order valence-corrected chi connectivity index (χ0v) is 17.0. The van der Waals surface area contributed by atoms with Gasteiger partial charge in [0.05, 0.1) is 19.4 Å². The fourth-order valence-electron chi connectivity index (χ4n) is 2.78. The van der Waals surface area contributed by atoms with E-state index in [1.54, 1.807) is 38.3 Å². The number of benzene rings is 2. The third kappa shape index (κ3) is 6.08. The van der Waals surface area contributed by atoms with Crippen LogP contribution in [0.1, 0.15) is 23.7 Å². The molecule has 1 atom stereocenters. The van der Waals surface area contributed by atoms with Gasteiger partial charge in [-0.05, 0) is 48.4 Å². The number of carbonyl (C=O) groups excluding carboxylic acids is 1. The molecule has 0 saturated heterocycles. The van der Waals surface area contributed by atoms with E-state index >= 15 is 0 Å². The molecule has 0 radical (unpaired) electrons. The van der Waals surface area contributed by atoms with Crippen LogP contribution in [-0.2, 0) is 28.9 Å². The third-order valence-corrected chi connectivity index (χ3v) is 4.55. The minimum Gasteiger partial charge on any atom is -0.497 e. The van der Waals surface area contributed by atoms with E-state index in [1.807, 2.05) is 24.3 Å². The van der Waals surface area contributed by atoms with Gasteiger partial charge in [-0.2, -0.15) is 18.3 Å². The van der Waals surface area contributed by atoms with Gasteiger partial charge in [0.15, 0.2) is 5.69 Å². The first-order valence-corrected chi connectivity index (χ1v) is 9.50. The summed E-state index contributed by atoms with van der Waals surface area (Å²) in [5.74, 6) is 0.445. The summed E-state index contributed by atoms with van der Waals surface area (Å²) in [4.78, 5) is 12.3. The maximum Gasteiger partial charge on any atom is 0.435 e. The van der Waals surface area contributed by atoms with Crippen LogP contribution in [0.5, 0.6) is 5.75 Å². The second-order valence-electron chi connectivity index (χ2n) is 6.83. The highest BCUT2D eigenvalue weighted by Crippen LogP contribution is 2.27. The van der Waals surface area contributed by atoms with Gasteiger partial charge in [0.2, 0.25) is 5.91 Å². The van der Waals surface area contributed by atoms with Crippen LogP contribution in [0.4, 0.5) is 13.2 Å². The summed E-state index contributed by atoms with van der Waals surface area (Å²) in [7, 11) is 1.58. The maximum atomic E-state index is 12.7. The molecule has 1 unspecified atom stereocenters. The smallest absolute Gasteiger partial charge is 0.435 e. The van der Waals surface area contributed by atoms with Crippen LogP contribution in [-0.4, -0.2) is 28.9 Å². The maximum absolute atomic E-state index is 12.7. The van der Waals surface area contributed by atoms with Gasteiger partial charge >= 0.3 is 6.18 Å². The molecule has 6 nitrogen and oxygen atoms in total. The number of nitrogens with one attached hydrogen (secondary N) is 1. The Hall–Kier alpha value is -3.33. The highest BCUT2D eigenvalue weighted by molar-refractivity contribution is 5.80. The summed E-state index contributed by atoms with van der Waals surface area (Å²) < 4.78 is 50.0. The Bertz CT molecular complexity index is 1020. The molecule has 3 aromatic rings. The number of hydrogen-bond acceptors (Lipinski definition) is 4. The number of ether oxygens (including phenoxy) is 2. The van der Waals surface area contributed by atoms with Crippen molar-refractivity contribution in [2.24, 2.45) is 0 Å². The number of nitrogens with zero attached hydrogens (tertiary/aromatic N) is 2. The molecule has 1 heterocycles. The molecule has 31 heavy (non-hydrogen) atoms. The van der Waals surface area contributed by atoms with E-state index in [4.69, 9.17) is 9.47 Å². The van der Waals surface area contributed by atoms with Crippen LogP contribution in [0.3, 0.4) is 0 Å². The molecule has 3 rings (SSSR count). The van der Waals surface area contributed by atoms with Crippen molar-refractivity contribution in [3.05, 3.63) is 77.6 Å². The van der Waals surface area contributed by atoms with Crippen LogP contribution >= 0.6 is 0 Å². The van der Waals surface area contributed by atoms with Crippen LogP contribution in [0.15, 0.2) is 60.8 Å². The summed E-state index contributed by atoms with van der Waals surface area (Å²) in [5.41, 5.74) is 1.22. The van der Waals surface area contributed by atoms with Crippen molar-refractivity contribution >= 4 is 5.91 Å². The van der Waals surface area contributed by atoms with Gasteiger partial charge in [0.1, 0.15) is 11.9 Å². The Morgan fingerprint density at radius 1 is 1.13 bits per heavy atom. The van der Waals surface area contributed by atoms with E-state index < -0.39 is 18.0 Å². The summed E-state index contributed by atoms with van der Waals surface area (Å²) >= 11 is 0. The Balaban J connectivity index is 1.50. The number of aromatic nitrogens is 2. The normalized spacial score (nSPS) is 12.4. The molecular weight excluding hydrogens is 411 g/mol. The quantitative estimate of drug-likeness (QED) is 0.581. The number of methoxy groups -OCH3 is 1. The number of carbonyl (C=O) groups is 1. The van der Waals surface area contributed by atoms with E-state index in [0.717, 1.165) is 21.9 Å². The number of amides is 1. The van der Waals surface area contributed by atoms with Gasteiger partial charge in [-0.25, -0.2) is 4.68 Å². The van der Waals surface area contributed by atoms with Gasteiger partial charge < -0.3 is 14.8 Å². The Labute approximate surface area is 177 Å². The molecular formula is C22H22F3N3O3. The van der Waals surface area contributed by atoms with E-state index in [1.165, 1.54) is 6.20 Å². The predicted molar refractivity (Wildman–Crippen MR) is 108 cm³/mol. The first-order chi connectivity index (χ1) is 14.8. The van der Waals surface area contributed by atoms with Gasteiger partial charge in [0, 0.05) is 12.7 Å². The monoisotopic (exact) mass is 433 g/mol. The molecule has 0 aliphatic heterocycles. The lowest BCUT2D eigenvalue weighted by atomic mass is 10.2. The molecule has 0 saturated carbocycles. The van der Waals surface area contributed by atoms with Crippen molar-refractivity contribution in [1.29, 1.82) is 0 Å². The van der Waals surface area contributed by atoms with Crippen molar-refractivity contribution in [3.63, 3.8) is 0 Å². The summed E-state index contributed by atoms with van der Waals surface area (Å²) in [6, 6.07) is 15.0. The fraction of sp³-hybridized carbons (Fsp3) is 0.273. The fourth-order valence-corrected chi connectivity index (χ4v) is 2.78. The standard InChI is InChI=1S/C22H22F3N3O3/c1-15(31-14-17-4-3-5-19(12-17)30-2)21(29)26-13-16-6-8-18(9-7-16)28-11-10-20(27-28)22(23,24)25/h3-12,15H,13-14H2,1-2H3,(H,26,29). The summed E-state index contributed by atoms with van der Waals surface area (Å²) in [6.07, 6.45) is -3.89. The Morgan fingerprint density at radius 3 is 2.52 bits per heavy atom. The lowest BCUT2D eigenvalue weighted by Gasteiger charge is -2.14. The first-order valence-electron chi connectivity index (χ1n) is 9.50. The van der Waals surface area contributed by atoms with E-state index in [-0.39, 0.29) is 19.1 Å². The van der Waals surface area contributed by atoms with E-state index in [0.29, 0.717) is 11.4 Å². The lowest BCUT2D eigenvalue weighted by molar-refractivity contribution is -0.141. The molecule has 1 amide bonds. The average molecular weight is 433 g/mol. The molecule has 0 aliphatic rings. The van der Waals surface area contributed by atoms with Gasteiger partial charge in [0.25, 0.3) is 0 Å². The number of alkyl halides is 3. The highest BCUT2D eigenvalue weighted by Gasteiger charge is 2.33. The second kappa shape index (κ2) is 9.65. The van der Waals surface area contributed by atoms with Crippen molar-refractivity contribution in [2.45, 2.75) is 32.4 Å². The van der Waals surface area contributed by atoms with Crippen LogP contribution in [0.25, 0.3) is 5.69 Å². The van der Waals surface area contributed by atoms with Crippen LogP contribution in [0.2, 0.25) is 0 Å². The number of hydrogen-bond donors (Lipinski definition) is 1. The molecule has 0 spiro atoms. The highest BCUT2D eigenvalue weighted by atomic mass is 19.4. The van der Waals surface area contributed by atoms with Crippen molar-refractivity contribution in [2.75, 3.05) is 7.11 Å². The third-order valence-electron chi connectivity index (χ3n) is 4.55. The molecule has 2 aromatic carbocycles. The second-order valence-corrected chi connectivity index (χ2v) is 6.83. The molecule has 9 heteroatoms. The SMILES string of the molecule is COc1cccc(COC(C)C(=O)NCc2ccc(-n3ccc(C(F)(F)F)n3)cc2)c1. The number of rotatable bonds is 8. The largest absolute Gasteiger partial charge is 0.497 e. The topological polar surface area (TPSA) is 65.4 Å². The molecule has 0 aliphatic carbocycles. The zero-order chi connectivity index (χ0) is 22.4. The van der Waals surface area contributed by atoms with Gasteiger partial charge in [-0.3, -0.25) is 4.79 Å². The Morgan fingerprint density at radius 2 is 1.87 bits per heavy atom. The van der Waals surface area contributed by atoms with E-state index in [2.05, 4.69) is 10.4 Å². The summed E-state index contributed by atoms with van der Waals surface area (Å²) in [6.45, 7) is 2.19. The van der Waals surface area contributed by atoms with Crippen LogP contribution < -0.4 is 10.1 Å². The minimum atomic E-state index is -4.49. The average Bonchev–Trinajstić information content (AvgIpc) is 3.27. The van der Waals surface area contributed by atoms with E-state index in [9.17, 15) is 18.0 Å². The van der Waals surface area contributed by atoms with Crippen molar-refractivity contribution < 1.29 is 27.4 Å². The molecule has 0 bridgehead atoms. The summed E-state index contributed by atoms with van der Waals surface area (Å²) in [5, 5.41) is 6.31. The predicted octanol–water partition coefficient (Wildman–Crippen LogP) is 4.12. The molecule has 1 aromatic heterocycles. The lowest BCUT2D eigenvalue weighted by Crippen LogP contribution is -2.34. The van der Waals surface area contributed by atoms with Gasteiger partial charge in [-0.1, -0.05) is 24.3 Å². The minimum absolute atomic E-state index is 0.263. The van der Waals surface area contributed by atoms with Crippen molar-refractivity contribution in [3.8, 4) is 11.4 Å². The van der Waals surface area contributed by atoms with Crippen LogP contribution in [0, 0.1) is 0 Å². The Kier molecular flexibility index (Phi) is 6.96. The first kappa shape index (κ1) is 22.4. The molecule has 164 valence electrons. The van der Waals surface area contributed by atoms with Crippen molar-refractivity contribution in [1.82, 2.24) is 15.1 Å². The number of halogens is 3.